The summed E-state index contributed by atoms with van der Waals surface area (Å²) in [5.41, 5.74) is 0. The Labute approximate surface area is 62.0 Å². The van der Waals surface area contributed by atoms with Crippen LogP contribution in [0.5, 0.6) is 0 Å². The lowest BCUT2D eigenvalue weighted by Crippen LogP contribution is -2.28. The molecule has 0 aliphatic rings. The average molecular weight is 142 g/mol. The molecule has 1 atom stereocenters. The topological polar surface area (TPSA) is 45.0 Å². The Hall–Kier alpha value is -0.590. The molecule has 0 saturated carbocycles. The lowest BCUT2D eigenvalue weighted by molar-refractivity contribution is 0.196. The van der Waals surface area contributed by atoms with E-state index in [1.807, 2.05) is 6.92 Å². The van der Waals surface area contributed by atoms with Gasteiger partial charge in [-0.15, -0.1) is 0 Å². The summed E-state index contributed by atoms with van der Waals surface area (Å²) in [6.45, 7) is 3.51. The molecule has 0 bridgehead atoms. The van der Waals surface area contributed by atoms with E-state index < -0.39 is 0 Å². The molecular formula is C7H14N2O. The van der Waals surface area contributed by atoms with Gasteiger partial charge in [-0.3, -0.25) is 0 Å². The number of hydrogen-bond acceptors (Lipinski definition) is 3. The summed E-state index contributed by atoms with van der Waals surface area (Å²) in [4.78, 5) is 0. The molecule has 1 unspecified atom stereocenters. The first kappa shape index (κ1) is 9.41. The molecule has 0 aliphatic heterocycles. The van der Waals surface area contributed by atoms with Gasteiger partial charge in [-0.05, 0) is 6.92 Å². The fraction of sp³-hybridized carbons (Fsp3) is 0.857. The quantitative estimate of drug-likeness (QED) is 0.569. The van der Waals surface area contributed by atoms with Crippen molar-refractivity contribution in [3.05, 3.63) is 0 Å². The normalized spacial score (nSPS) is 12.5. The van der Waals surface area contributed by atoms with Crippen molar-refractivity contribution in [2.75, 3.05) is 20.3 Å². The van der Waals surface area contributed by atoms with E-state index in [1.54, 1.807) is 7.11 Å². The fourth-order valence-corrected chi connectivity index (χ4v) is 0.616. The number of rotatable bonds is 5. The number of hydrogen-bond donors (Lipinski definition) is 1. The van der Waals surface area contributed by atoms with E-state index in [1.165, 1.54) is 0 Å². The molecule has 1 N–H and O–H groups in total. The number of nitrogens with one attached hydrogen (secondary N) is 1. The summed E-state index contributed by atoms with van der Waals surface area (Å²) < 4.78 is 4.82. The average Bonchev–Trinajstić information content (AvgIpc) is 1.89. The summed E-state index contributed by atoms with van der Waals surface area (Å²) in [7, 11) is 1.66. The predicted molar refractivity (Wildman–Crippen MR) is 39.6 cm³/mol. The summed E-state index contributed by atoms with van der Waals surface area (Å²) in [6, 6.07) is 2.37. The highest BCUT2D eigenvalue weighted by Gasteiger charge is 1.96. The zero-order valence-corrected chi connectivity index (χ0v) is 6.55. The number of nitriles is 1. The zero-order valence-electron chi connectivity index (χ0n) is 6.55. The van der Waals surface area contributed by atoms with Gasteiger partial charge in [0.1, 0.15) is 0 Å². The maximum Gasteiger partial charge on any atom is 0.0638 e. The molecule has 0 saturated heterocycles. The first-order chi connectivity index (χ1) is 4.81. The Morgan fingerprint density at radius 1 is 1.70 bits per heavy atom. The summed E-state index contributed by atoms with van der Waals surface area (Å²) in [5, 5.41) is 11.4. The highest BCUT2D eigenvalue weighted by molar-refractivity contribution is 4.76. The smallest absolute Gasteiger partial charge is 0.0638 e. The second-order valence-corrected chi connectivity index (χ2v) is 2.21. The Bertz CT molecular complexity index is 109. The molecule has 10 heavy (non-hydrogen) atoms. The van der Waals surface area contributed by atoms with Crippen molar-refractivity contribution >= 4 is 0 Å². The zero-order chi connectivity index (χ0) is 7.82. The molecule has 0 aliphatic carbocycles. The van der Waals surface area contributed by atoms with Crippen molar-refractivity contribution in [1.82, 2.24) is 5.32 Å². The van der Waals surface area contributed by atoms with E-state index in [0.29, 0.717) is 13.0 Å². The van der Waals surface area contributed by atoms with Crippen LogP contribution in [0.25, 0.3) is 0 Å². The van der Waals surface area contributed by atoms with Gasteiger partial charge in [0.15, 0.2) is 0 Å². The van der Waals surface area contributed by atoms with Crippen LogP contribution in [0.3, 0.4) is 0 Å². The molecular weight excluding hydrogens is 128 g/mol. The number of nitrogens with zero attached hydrogens (tertiary/aromatic N) is 1. The molecule has 0 rings (SSSR count). The van der Waals surface area contributed by atoms with Gasteiger partial charge in [0, 0.05) is 19.7 Å². The standard InChI is InChI=1S/C7H14N2O/c1-7(3-4-8)9-5-6-10-2/h7,9H,3,5-6H2,1-2H3. The maximum atomic E-state index is 8.27. The molecule has 0 aromatic carbocycles. The van der Waals surface area contributed by atoms with E-state index >= 15 is 0 Å². The third-order valence-corrected chi connectivity index (χ3v) is 1.20. The third kappa shape index (κ3) is 5.54. The molecule has 0 spiro atoms. The second-order valence-electron chi connectivity index (χ2n) is 2.21. The number of methoxy groups -OCH3 is 1. The molecule has 0 aromatic heterocycles. The van der Waals surface area contributed by atoms with Gasteiger partial charge in [-0.25, -0.2) is 0 Å². The van der Waals surface area contributed by atoms with Crippen molar-refractivity contribution < 1.29 is 4.74 Å². The van der Waals surface area contributed by atoms with Crippen LogP contribution in [0.15, 0.2) is 0 Å². The molecule has 3 nitrogen and oxygen atoms in total. The summed E-state index contributed by atoms with van der Waals surface area (Å²) in [6.07, 6.45) is 0.559. The lowest BCUT2D eigenvalue weighted by Gasteiger charge is -2.08. The van der Waals surface area contributed by atoms with E-state index in [4.69, 9.17) is 10.00 Å². The molecule has 0 amide bonds. The molecule has 3 heteroatoms. The van der Waals surface area contributed by atoms with Gasteiger partial charge in [0.2, 0.25) is 0 Å². The molecule has 0 aromatic rings. The molecule has 0 heterocycles. The maximum absolute atomic E-state index is 8.27. The Morgan fingerprint density at radius 2 is 2.40 bits per heavy atom. The highest BCUT2D eigenvalue weighted by Crippen LogP contribution is 1.85. The van der Waals surface area contributed by atoms with Gasteiger partial charge < -0.3 is 10.1 Å². The highest BCUT2D eigenvalue weighted by atomic mass is 16.5. The third-order valence-electron chi connectivity index (χ3n) is 1.20. The van der Waals surface area contributed by atoms with Crippen LogP contribution in [-0.4, -0.2) is 26.3 Å². The van der Waals surface area contributed by atoms with E-state index in [0.717, 1.165) is 6.54 Å². The predicted octanol–water partition coefficient (Wildman–Crippen LogP) is 0.525. The monoisotopic (exact) mass is 142 g/mol. The van der Waals surface area contributed by atoms with Crippen molar-refractivity contribution in [2.24, 2.45) is 0 Å². The molecule has 0 fully saturated rings. The first-order valence-corrected chi connectivity index (χ1v) is 3.40. The van der Waals surface area contributed by atoms with Gasteiger partial charge in [0.05, 0.1) is 19.1 Å². The van der Waals surface area contributed by atoms with E-state index in [9.17, 15) is 0 Å². The second kappa shape index (κ2) is 6.53. The van der Waals surface area contributed by atoms with Crippen LogP contribution in [0, 0.1) is 11.3 Å². The number of ether oxygens (including phenoxy) is 1. The van der Waals surface area contributed by atoms with E-state index in [-0.39, 0.29) is 6.04 Å². The van der Waals surface area contributed by atoms with Crippen molar-refractivity contribution in [3.8, 4) is 6.07 Å². The van der Waals surface area contributed by atoms with Gasteiger partial charge >= 0.3 is 0 Å². The minimum absolute atomic E-state index is 0.278. The van der Waals surface area contributed by atoms with Crippen LogP contribution in [0.1, 0.15) is 13.3 Å². The van der Waals surface area contributed by atoms with Crippen molar-refractivity contribution in [1.29, 1.82) is 5.26 Å². The van der Waals surface area contributed by atoms with Crippen molar-refractivity contribution in [2.45, 2.75) is 19.4 Å². The largest absolute Gasteiger partial charge is 0.383 e. The SMILES string of the molecule is COCCNC(C)CC#N. The minimum atomic E-state index is 0.278. The Kier molecular flexibility index (Phi) is 6.14. The van der Waals surface area contributed by atoms with Crippen LogP contribution in [0.2, 0.25) is 0 Å². The van der Waals surface area contributed by atoms with Gasteiger partial charge in [0.25, 0.3) is 0 Å². The summed E-state index contributed by atoms with van der Waals surface area (Å²) in [5.74, 6) is 0. The lowest BCUT2D eigenvalue weighted by atomic mass is 10.2. The first-order valence-electron chi connectivity index (χ1n) is 3.40. The van der Waals surface area contributed by atoms with Gasteiger partial charge in [-0.1, -0.05) is 0 Å². The Morgan fingerprint density at radius 3 is 2.90 bits per heavy atom. The van der Waals surface area contributed by atoms with Crippen LogP contribution in [0.4, 0.5) is 0 Å². The molecule has 0 radical (unpaired) electrons. The van der Waals surface area contributed by atoms with Crippen LogP contribution >= 0.6 is 0 Å². The van der Waals surface area contributed by atoms with Crippen LogP contribution < -0.4 is 5.32 Å². The van der Waals surface area contributed by atoms with Crippen LogP contribution in [-0.2, 0) is 4.74 Å². The minimum Gasteiger partial charge on any atom is -0.383 e. The summed E-state index contributed by atoms with van der Waals surface area (Å²) >= 11 is 0. The fourth-order valence-electron chi connectivity index (χ4n) is 0.616. The Balaban J connectivity index is 3.06. The van der Waals surface area contributed by atoms with Crippen molar-refractivity contribution in [3.63, 3.8) is 0 Å². The van der Waals surface area contributed by atoms with E-state index in [2.05, 4.69) is 11.4 Å². The molecule has 58 valence electrons. The van der Waals surface area contributed by atoms with Gasteiger partial charge in [-0.2, -0.15) is 5.26 Å².